The molecule has 2 rings (SSSR count). The molecule has 29 heavy (non-hydrogen) atoms. The van der Waals surface area contributed by atoms with Crippen molar-refractivity contribution in [2.75, 3.05) is 26.2 Å². The molecule has 0 aliphatic carbocycles. The molecule has 0 aromatic heterocycles. The smallest absolute Gasteiger partial charge is 0.325 e. The van der Waals surface area contributed by atoms with E-state index in [0.717, 1.165) is 32.2 Å². The van der Waals surface area contributed by atoms with Gasteiger partial charge in [-0.15, -0.1) is 0 Å². The van der Waals surface area contributed by atoms with Crippen LogP contribution >= 0.6 is 0 Å². The van der Waals surface area contributed by atoms with Crippen molar-refractivity contribution in [3.05, 3.63) is 24.3 Å². The number of piperidine rings is 1. The fourth-order valence-electron chi connectivity index (χ4n) is 3.39. The summed E-state index contributed by atoms with van der Waals surface area (Å²) in [5.74, 6) is 2.85. The van der Waals surface area contributed by atoms with Crippen molar-refractivity contribution >= 4 is 15.8 Å². The van der Waals surface area contributed by atoms with E-state index in [4.69, 9.17) is 9.94 Å². The van der Waals surface area contributed by atoms with Crippen LogP contribution in [0.15, 0.2) is 29.2 Å². The summed E-state index contributed by atoms with van der Waals surface area (Å²) >= 11 is 0. The molecule has 4 N–H and O–H groups in total. The van der Waals surface area contributed by atoms with E-state index in [0.29, 0.717) is 25.4 Å². The van der Waals surface area contributed by atoms with E-state index in [1.165, 1.54) is 12.1 Å². The lowest BCUT2D eigenvalue weighted by molar-refractivity contribution is -0.141. The van der Waals surface area contributed by atoms with Crippen LogP contribution in [0.1, 0.15) is 52.4 Å². The molecule has 166 valence electrons. The maximum Gasteiger partial charge on any atom is 0.325 e. The number of unbranched alkanes of at least 4 members (excludes halogenated alkanes) is 2. The molecule has 1 aliphatic rings. The van der Waals surface area contributed by atoms with E-state index < -0.39 is 20.6 Å². The van der Waals surface area contributed by atoms with Gasteiger partial charge in [-0.25, -0.2) is 14.3 Å². The van der Waals surface area contributed by atoms with E-state index in [1.807, 2.05) is 0 Å². The van der Waals surface area contributed by atoms with Gasteiger partial charge in [0.25, 0.3) is 0 Å². The zero-order chi connectivity index (χ0) is 21.9. The number of aliphatic carboxylic acids is 1. The Morgan fingerprint density at radius 3 is 2.14 bits per heavy atom. The van der Waals surface area contributed by atoms with Crippen molar-refractivity contribution in [1.29, 1.82) is 0 Å². The van der Waals surface area contributed by atoms with Gasteiger partial charge in [-0.1, -0.05) is 26.7 Å². The lowest BCUT2D eigenvalue weighted by Gasteiger charge is -2.38. The van der Waals surface area contributed by atoms with Crippen LogP contribution in [0.3, 0.4) is 0 Å². The number of hydrogen-bond acceptors (Lipinski definition) is 7. The Morgan fingerprint density at radius 1 is 1.10 bits per heavy atom. The number of benzene rings is 1. The van der Waals surface area contributed by atoms with Gasteiger partial charge >= 0.3 is 5.97 Å². The van der Waals surface area contributed by atoms with E-state index >= 15 is 0 Å². The minimum absolute atomic E-state index is 0.0507. The first kappa shape index (κ1) is 25.4. The summed E-state index contributed by atoms with van der Waals surface area (Å²) in [5.41, 5.74) is 0. The zero-order valence-electron chi connectivity index (χ0n) is 17.3. The summed E-state index contributed by atoms with van der Waals surface area (Å²) in [5, 5.41) is 16.3. The number of carbonyl (C=O) groups is 1. The van der Waals surface area contributed by atoms with Gasteiger partial charge in [-0.2, -0.15) is 0 Å². The Hall–Kier alpha value is -1.68. The summed E-state index contributed by atoms with van der Waals surface area (Å²) in [6, 6.07) is 6.14. The van der Waals surface area contributed by atoms with Crippen molar-refractivity contribution in [3.63, 3.8) is 0 Å². The highest BCUT2D eigenvalue weighted by atomic mass is 32.2. The Kier molecular flexibility index (Phi) is 10.6. The summed E-state index contributed by atoms with van der Waals surface area (Å²) in [4.78, 5) is 14.2. The van der Waals surface area contributed by atoms with Gasteiger partial charge in [0.2, 0.25) is 0 Å². The second kappa shape index (κ2) is 12.1. The third-order valence-electron chi connectivity index (χ3n) is 5.30. The number of carboxylic acids is 1. The van der Waals surface area contributed by atoms with Crippen LogP contribution in [-0.4, -0.2) is 60.6 Å². The molecule has 0 radical (unpaired) electrons. The minimum Gasteiger partial charge on any atom is -0.494 e. The fourth-order valence-corrected chi connectivity index (χ4v) is 5.29. The first-order valence-corrected chi connectivity index (χ1v) is 11.5. The SMILES string of the molecule is CCCCOc1ccc(S(=O)(=O)C2(C(=O)O)CCN(CCCC)CC2)cc1.NO. The molecule has 1 saturated heterocycles. The van der Waals surface area contributed by atoms with Crippen LogP contribution in [-0.2, 0) is 14.6 Å². The van der Waals surface area contributed by atoms with E-state index in [9.17, 15) is 18.3 Å². The summed E-state index contributed by atoms with van der Waals surface area (Å²) in [6.07, 6.45) is 4.27. The first-order chi connectivity index (χ1) is 13.9. The van der Waals surface area contributed by atoms with Crippen molar-refractivity contribution in [1.82, 2.24) is 4.90 Å². The second-order valence-corrected chi connectivity index (χ2v) is 9.43. The topological polar surface area (TPSA) is 130 Å². The number of sulfone groups is 1. The highest BCUT2D eigenvalue weighted by Gasteiger charge is 2.53. The Bertz CT molecular complexity index is 713. The van der Waals surface area contributed by atoms with Crippen LogP contribution in [0.5, 0.6) is 5.75 Å². The van der Waals surface area contributed by atoms with Crippen LogP contribution in [0.2, 0.25) is 0 Å². The average Bonchev–Trinajstić information content (AvgIpc) is 2.74. The van der Waals surface area contributed by atoms with Gasteiger partial charge in [0, 0.05) is 13.1 Å². The van der Waals surface area contributed by atoms with Gasteiger partial charge in [-0.3, -0.25) is 4.79 Å². The highest BCUT2D eigenvalue weighted by Crippen LogP contribution is 2.36. The number of nitrogens with two attached hydrogens (primary N) is 1. The molecule has 1 heterocycles. The maximum absolute atomic E-state index is 13.2. The Morgan fingerprint density at radius 2 is 1.66 bits per heavy atom. The molecule has 8 nitrogen and oxygen atoms in total. The normalized spacial score (nSPS) is 16.6. The lowest BCUT2D eigenvalue weighted by Crippen LogP contribution is -2.54. The summed E-state index contributed by atoms with van der Waals surface area (Å²) in [6.45, 7) is 6.61. The zero-order valence-corrected chi connectivity index (χ0v) is 18.2. The maximum atomic E-state index is 13.2. The van der Waals surface area contributed by atoms with E-state index in [2.05, 4.69) is 24.6 Å². The molecule has 0 saturated carbocycles. The van der Waals surface area contributed by atoms with Crippen molar-refractivity contribution in [3.8, 4) is 5.75 Å². The molecule has 1 aromatic rings. The van der Waals surface area contributed by atoms with E-state index in [-0.39, 0.29) is 17.7 Å². The van der Waals surface area contributed by atoms with Gasteiger partial charge in [0.1, 0.15) is 5.75 Å². The molecule has 0 amide bonds. The molecular weight excluding hydrogens is 396 g/mol. The predicted octanol–water partition coefficient (Wildman–Crippen LogP) is 2.69. The summed E-state index contributed by atoms with van der Waals surface area (Å²) < 4.78 is 30.2. The number of carboxylic acid groups (broad SMARTS) is 1. The quantitative estimate of drug-likeness (QED) is 0.381. The summed E-state index contributed by atoms with van der Waals surface area (Å²) in [7, 11) is -3.99. The molecule has 9 heteroatoms. The number of nitrogens with zero attached hydrogens (tertiary/aromatic N) is 1. The monoisotopic (exact) mass is 430 g/mol. The van der Waals surface area contributed by atoms with Gasteiger partial charge in [0.05, 0.1) is 11.5 Å². The molecule has 0 unspecified atom stereocenters. The lowest BCUT2D eigenvalue weighted by atomic mass is 9.95. The molecule has 0 spiro atoms. The van der Waals surface area contributed by atoms with Gasteiger partial charge in [-0.05, 0) is 56.5 Å². The predicted molar refractivity (Wildman–Crippen MR) is 111 cm³/mol. The first-order valence-electron chi connectivity index (χ1n) is 10.1. The van der Waals surface area contributed by atoms with Crippen LogP contribution in [0.4, 0.5) is 0 Å². The molecular formula is C20H34N2O6S. The minimum atomic E-state index is -3.99. The third kappa shape index (κ3) is 6.15. The number of likely N-dealkylation sites (tertiary alicyclic amines) is 1. The molecule has 1 fully saturated rings. The molecule has 0 bridgehead atoms. The van der Waals surface area contributed by atoms with Gasteiger partial charge < -0.3 is 20.0 Å². The molecule has 1 aliphatic heterocycles. The largest absolute Gasteiger partial charge is 0.494 e. The van der Waals surface area contributed by atoms with Gasteiger partial charge in [0.15, 0.2) is 14.6 Å². The standard InChI is InChI=1S/C20H31NO5S.H3NO/c1-3-5-13-21-14-11-20(12-15-21,19(22)23)27(24,25)18-9-7-17(8-10-18)26-16-6-4-2;1-2/h7-10H,3-6,11-16H2,1-2H3,(H,22,23);2H,1H2. The van der Waals surface area contributed by atoms with Crippen molar-refractivity contribution in [2.45, 2.75) is 62.0 Å². The van der Waals surface area contributed by atoms with Crippen LogP contribution in [0.25, 0.3) is 0 Å². The number of rotatable bonds is 10. The molecule has 1 aromatic carbocycles. The third-order valence-corrected chi connectivity index (χ3v) is 7.80. The van der Waals surface area contributed by atoms with E-state index in [1.54, 1.807) is 12.1 Å². The Labute approximate surface area is 173 Å². The van der Waals surface area contributed by atoms with Crippen LogP contribution < -0.4 is 10.6 Å². The average molecular weight is 431 g/mol. The Balaban J connectivity index is 0.00000204. The van der Waals surface area contributed by atoms with Crippen LogP contribution in [0, 0.1) is 0 Å². The molecule has 0 atom stereocenters. The second-order valence-electron chi connectivity index (χ2n) is 7.17. The number of ether oxygens (including phenoxy) is 1. The highest BCUT2D eigenvalue weighted by molar-refractivity contribution is 7.93. The fraction of sp³-hybridized carbons (Fsp3) is 0.650. The van der Waals surface area contributed by atoms with Crippen molar-refractivity contribution in [2.24, 2.45) is 5.90 Å². The van der Waals surface area contributed by atoms with Crippen molar-refractivity contribution < 1.29 is 28.3 Å². The number of hydrogen-bond donors (Lipinski definition) is 3.